The molecule has 2 heterocycles. The second kappa shape index (κ2) is 9.31. The highest BCUT2D eigenvalue weighted by atomic mass is 79.9. The molecule has 33 heavy (non-hydrogen) atoms. The molecule has 170 valence electrons. The van der Waals surface area contributed by atoms with E-state index in [0.717, 1.165) is 27.4 Å². The predicted molar refractivity (Wildman–Crippen MR) is 134 cm³/mol. The first-order valence-electron chi connectivity index (χ1n) is 10.8. The van der Waals surface area contributed by atoms with Crippen LogP contribution in [0.4, 0.5) is 0 Å². The number of aromatic nitrogens is 3. The summed E-state index contributed by atoms with van der Waals surface area (Å²) in [6, 6.07) is 12.7. The molecule has 0 N–H and O–H groups in total. The van der Waals surface area contributed by atoms with E-state index >= 15 is 0 Å². The lowest BCUT2D eigenvalue weighted by Crippen LogP contribution is -2.23. The summed E-state index contributed by atoms with van der Waals surface area (Å²) < 4.78 is 8.98. The quantitative estimate of drug-likeness (QED) is 0.263. The number of hydrogen-bond acceptors (Lipinski definition) is 5. The predicted octanol–water partition coefficient (Wildman–Crippen LogP) is 5.24. The van der Waals surface area contributed by atoms with Crippen LogP contribution < -0.4 is 5.56 Å². The zero-order chi connectivity index (χ0) is 23.7. The van der Waals surface area contributed by atoms with Gasteiger partial charge in [-0.05, 0) is 37.6 Å². The Bertz CT molecular complexity index is 1440. The second-order valence-electron chi connectivity index (χ2n) is 8.01. The van der Waals surface area contributed by atoms with E-state index in [0.29, 0.717) is 16.7 Å². The van der Waals surface area contributed by atoms with Crippen molar-refractivity contribution in [3.63, 3.8) is 0 Å². The van der Waals surface area contributed by atoms with Crippen molar-refractivity contribution in [3.05, 3.63) is 74.9 Å². The maximum atomic E-state index is 13.4. The highest BCUT2D eigenvalue weighted by Gasteiger charge is 2.19. The first kappa shape index (κ1) is 22.9. The second-order valence-corrected chi connectivity index (χ2v) is 8.93. The summed E-state index contributed by atoms with van der Waals surface area (Å²) in [6.45, 7) is 5.87. The number of methoxy groups -OCH3 is 1. The molecule has 2 atom stereocenters. The zero-order valence-corrected chi connectivity index (χ0v) is 20.5. The van der Waals surface area contributed by atoms with E-state index in [1.165, 1.54) is 11.8 Å². The highest BCUT2D eigenvalue weighted by molar-refractivity contribution is 9.10. The monoisotopic (exact) mass is 508 g/mol. The molecular formula is C25H25BrN4O3. The topological polar surface area (TPSA) is 78.5 Å². The number of carbonyl (C=O) groups excluding carboxylic acids is 1. The molecule has 0 saturated heterocycles. The lowest BCUT2D eigenvalue weighted by molar-refractivity contribution is -0.143. The van der Waals surface area contributed by atoms with Crippen molar-refractivity contribution in [3.8, 4) is 0 Å². The smallest absolute Gasteiger partial charge is 0.328 e. The Morgan fingerprint density at radius 3 is 2.70 bits per heavy atom. The van der Waals surface area contributed by atoms with E-state index in [1.54, 1.807) is 19.2 Å². The van der Waals surface area contributed by atoms with Gasteiger partial charge in [-0.3, -0.25) is 4.79 Å². The Morgan fingerprint density at radius 1 is 1.21 bits per heavy atom. The first-order chi connectivity index (χ1) is 15.8. The van der Waals surface area contributed by atoms with Crippen molar-refractivity contribution >= 4 is 49.9 Å². The van der Waals surface area contributed by atoms with Crippen molar-refractivity contribution in [2.24, 2.45) is 5.10 Å². The largest absolute Gasteiger partial charge is 0.467 e. The van der Waals surface area contributed by atoms with Gasteiger partial charge in [0.2, 0.25) is 0 Å². The molecule has 0 spiro atoms. The van der Waals surface area contributed by atoms with Crippen LogP contribution in [0, 0.1) is 0 Å². The number of carbonyl (C=O) groups is 1. The molecule has 0 aliphatic carbocycles. The van der Waals surface area contributed by atoms with Gasteiger partial charge in [-0.2, -0.15) is 9.78 Å². The molecule has 2 aromatic carbocycles. The van der Waals surface area contributed by atoms with Crippen LogP contribution in [0.5, 0.6) is 0 Å². The van der Waals surface area contributed by atoms with Crippen LogP contribution >= 0.6 is 15.9 Å². The fourth-order valence-corrected chi connectivity index (χ4v) is 4.20. The maximum absolute atomic E-state index is 13.4. The van der Waals surface area contributed by atoms with Crippen LogP contribution in [0.1, 0.15) is 50.5 Å². The average Bonchev–Trinajstić information content (AvgIpc) is 3.20. The standard InChI is InChI=1S/C25H25BrN4O3/c1-5-15(2)23-28-21-11-10-18(26)12-20(21)24(31)30(23)27-13-17-14-29(16(3)25(32)33-4)22-9-7-6-8-19(17)22/h6-16H,5H2,1-4H3/t15-,16-/m0/s1. The third-order valence-electron chi connectivity index (χ3n) is 5.93. The SMILES string of the molecule is CC[C@H](C)c1nc2ccc(Br)cc2c(=O)n1N=Cc1cn([C@@H](C)C(=O)OC)c2ccccc12. The van der Waals surface area contributed by atoms with Gasteiger partial charge in [0.15, 0.2) is 0 Å². The van der Waals surface area contributed by atoms with Gasteiger partial charge in [0.1, 0.15) is 11.9 Å². The molecule has 8 heteroatoms. The number of hydrogen-bond donors (Lipinski definition) is 0. The fourth-order valence-electron chi connectivity index (χ4n) is 3.84. The molecule has 7 nitrogen and oxygen atoms in total. The van der Waals surface area contributed by atoms with Gasteiger partial charge in [0.05, 0.1) is 24.2 Å². The number of halogens is 1. The summed E-state index contributed by atoms with van der Waals surface area (Å²) in [5.74, 6) is 0.322. The summed E-state index contributed by atoms with van der Waals surface area (Å²) in [5, 5.41) is 6.00. The summed E-state index contributed by atoms with van der Waals surface area (Å²) in [4.78, 5) is 30.3. The van der Waals surface area contributed by atoms with Crippen molar-refractivity contribution < 1.29 is 9.53 Å². The van der Waals surface area contributed by atoms with E-state index in [9.17, 15) is 9.59 Å². The van der Waals surface area contributed by atoms with Gasteiger partial charge >= 0.3 is 5.97 Å². The van der Waals surface area contributed by atoms with Gasteiger partial charge in [-0.25, -0.2) is 9.78 Å². The Hall–Kier alpha value is -3.26. The Kier molecular flexibility index (Phi) is 6.47. The van der Waals surface area contributed by atoms with E-state index in [2.05, 4.69) is 28.0 Å². The van der Waals surface area contributed by atoms with Gasteiger partial charge in [-0.1, -0.05) is 48.0 Å². The highest BCUT2D eigenvalue weighted by Crippen LogP contribution is 2.25. The fraction of sp³-hybridized carbons (Fsp3) is 0.280. The molecule has 0 fully saturated rings. The lowest BCUT2D eigenvalue weighted by atomic mass is 10.1. The number of nitrogens with zero attached hydrogens (tertiary/aromatic N) is 4. The molecule has 0 radical (unpaired) electrons. The third-order valence-corrected chi connectivity index (χ3v) is 6.42. The van der Waals surface area contributed by atoms with Crippen molar-refractivity contribution in [2.75, 3.05) is 7.11 Å². The van der Waals surface area contributed by atoms with Crippen LogP contribution in [-0.4, -0.2) is 33.5 Å². The van der Waals surface area contributed by atoms with Crippen LogP contribution in [0.3, 0.4) is 0 Å². The number of para-hydroxylation sites is 1. The Morgan fingerprint density at radius 2 is 1.97 bits per heavy atom. The molecule has 4 aromatic rings. The normalized spacial score (nSPS) is 13.6. The molecule has 0 aliphatic rings. The zero-order valence-electron chi connectivity index (χ0n) is 18.9. The number of benzene rings is 2. The third kappa shape index (κ3) is 4.23. The number of rotatable bonds is 6. The van der Waals surface area contributed by atoms with E-state index in [4.69, 9.17) is 9.72 Å². The van der Waals surface area contributed by atoms with Crippen molar-refractivity contribution in [1.29, 1.82) is 0 Å². The van der Waals surface area contributed by atoms with Crippen LogP contribution in [0.15, 0.2) is 63.0 Å². The summed E-state index contributed by atoms with van der Waals surface area (Å²) in [7, 11) is 1.38. The molecule has 0 aliphatic heterocycles. The molecular weight excluding hydrogens is 484 g/mol. The van der Waals surface area contributed by atoms with Gasteiger partial charge in [0, 0.05) is 33.1 Å². The van der Waals surface area contributed by atoms with Crippen molar-refractivity contribution in [1.82, 2.24) is 14.2 Å². The Labute approximate surface area is 199 Å². The number of esters is 1. The molecule has 0 bridgehead atoms. The summed E-state index contributed by atoms with van der Waals surface area (Å²) >= 11 is 3.43. The molecule has 2 aromatic heterocycles. The molecule has 4 rings (SSSR count). The summed E-state index contributed by atoms with van der Waals surface area (Å²) in [5.41, 5.74) is 2.09. The lowest BCUT2D eigenvalue weighted by Gasteiger charge is -2.13. The van der Waals surface area contributed by atoms with E-state index in [1.807, 2.05) is 54.1 Å². The van der Waals surface area contributed by atoms with E-state index < -0.39 is 6.04 Å². The molecule has 0 saturated carbocycles. The minimum atomic E-state index is -0.500. The molecule has 0 amide bonds. The minimum Gasteiger partial charge on any atom is -0.467 e. The number of ether oxygens (including phenoxy) is 1. The van der Waals surface area contributed by atoms with Gasteiger partial charge < -0.3 is 9.30 Å². The number of fused-ring (bicyclic) bond motifs is 2. The summed E-state index contributed by atoms with van der Waals surface area (Å²) in [6.07, 6.45) is 4.33. The van der Waals surface area contributed by atoms with Crippen LogP contribution in [0.2, 0.25) is 0 Å². The minimum absolute atomic E-state index is 0.0450. The van der Waals surface area contributed by atoms with Crippen LogP contribution in [-0.2, 0) is 9.53 Å². The maximum Gasteiger partial charge on any atom is 0.328 e. The van der Waals surface area contributed by atoms with Gasteiger partial charge in [0.25, 0.3) is 5.56 Å². The Balaban J connectivity index is 1.89. The van der Waals surface area contributed by atoms with Crippen molar-refractivity contribution in [2.45, 2.75) is 39.2 Å². The molecule has 0 unspecified atom stereocenters. The average molecular weight is 509 g/mol. The van der Waals surface area contributed by atoms with Crippen LogP contribution in [0.25, 0.3) is 21.8 Å². The van der Waals surface area contributed by atoms with Gasteiger partial charge in [-0.15, -0.1) is 0 Å². The van der Waals surface area contributed by atoms with E-state index in [-0.39, 0.29) is 17.4 Å². The first-order valence-corrected chi connectivity index (χ1v) is 11.6.